The third-order valence-electron chi connectivity index (χ3n) is 21.0. The van der Waals surface area contributed by atoms with E-state index in [2.05, 4.69) is 352 Å². The molecule has 0 atom stereocenters. The molecule has 0 fully saturated rings. The Morgan fingerprint density at radius 2 is 0.525 bits per heavy atom. The highest BCUT2D eigenvalue weighted by atomic mass is 15.0. The van der Waals surface area contributed by atoms with Crippen LogP contribution in [0.1, 0.15) is 89.8 Å². The lowest BCUT2D eigenvalue weighted by molar-refractivity contribution is 0.875. The second kappa shape index (κ2) is 28.1. The lowest BCUT2D eigenvalue weighted by Crippen LogP contribution is -1.97. The van der Waals surface area contributed by atoms with Gasteiger partial charge in [0.05, 0.1) is 0 Å². The summed E-state index contributed by atoms with van der Waals surface area (Å²) < 4.78 is 0. The number of aromatic nitrogens is 3. The molecule has 0 radical (unpaired) electrons. The van der Waals surface area contributed by atoms with Gasteiger partial charge in [-0.3, -0.25) is 0 Å². The molecule has 0 N–H and O–H groups in total. The quantitative estimate of drug-likeness (QED) is 0.112. The van der Waals surface area contributed by atoms with E-state index in [-0.39, 0.29) is 0 Å². The molecule has 19 rings (SSSR count). The van der Waals surface area contributed by atoms with Gasteiger partial charge in [-0.1, -0.05) is 253 Å². The average Bonchev–Trinajstić information content (AvgIpc) is 1.75. The predicted octanol–water partition coefficient (Wildman–Crippen LogP) is 26.9. The summed E-state index contributed by atoms with van der Waals surface area (Å²) in [7, 11) is 0. The molecular weight excluding hydrogens is 1220 g/mol. The summed E-state index contributed by atoms with van der Waals surface area (Å²) in [6.45, 7) is 29.8. The van der Waals surface area contributed by atoms with E-state index in [4.69, 9.17) is 0 Å². The highest BCUT2D eigenvalue weighted by Gasteiger charge is 2.21. The molecule has 0 spiro atoms. The first-order valence-electron chi connectivity index (χ1n) is 35.5. The first-order chi connectivity index (χ1) is 48.9. The van der Waals surface area contributed by atoms with Crippen LogP contribution in [0, 0.1) is 96.9 Å². The van der Waals surface area contributed by atoms with Gasteiger partial charge in [0.25, 0.3) is 0 Å². The van der Waals surface area contributed by atoms with Crippen molar-refractivity contribution in [2.24, 2.45) is 0 Å². The van der Waals surface area contributed by atoms with Crippen LogP contribution in [0.25, 0.3) is 130 Å². The maximum absolute atomic E-state index is 4.01. The third-order valence-corrected chi connectivity index (χ3v) is 21.0. The molecule has 0 saturated heterocycles. The highest BCUT2D eigenvalue weighted by molar-refractivity contribution is 6.20. The van der Waals surface area contributed by atoms with Gasteiger partial charge in [0, 0.05) is 0 Å². The predicted molar refractivity (Wildman–Crippen MR) is 439 cm³/mol. The Morgan fingerprint density at radius 3 is 0.960 bits per heavy atom. The van der Waals surface area contributed by atoms with E-state index in [1.165, 1.54) is 202 Å². The fraction of sp³-hybridized carbons (Fsp3) is 0.153. The standard InChI is InChI=1S/C23H18.3C20H16.C9H12.C6H9N3/c1-14-18-8-5-6-9-19(18)15(2)22-13-23-17(12-21(14)22)11-16-7-3-4-10-20(16)23;1-13-11-19-18-10-6-4-8-16(18)14(2)12-20(19)17-9-5-3-7-15(13)17;1-13-16-8-5-6-9-17(16)14(2)20-18(13)12-11-15-7-3-4-10-19(15)20;1-13-17-9-5-6-10-18(17)14(2)20-12-16-8-4-3-7-15(16)11-19(13)20;1-7-4-8(2)6-9(3)5-7;1-4-7-5(2)9-6(3)8-4/h3-10,12-13H,11H2,1-2H3;3*3-12H,1-2H3;4-6H,1-3H3;1-3H3. The number of aryl methyl sites for hydroxylation is 14. The van der Waals surface area contributed by atoms with Crippen molar-refractivity contribution < 1.29 is 0 Å². The summed E-state index contributed by atoms with van der Waals surface area (Å²) in [4.78, 5) is 12.0. The lowest BCUT2D eigenvalue weighted by atomic mass is 9.90. The van der Waals surface area contributed by atoms with E-state index >= 15 is 0 Å². The van der Waals surface area contributed by atoms with Crippen LogP contribution in [-0.4, -0.2) is 15.0 Å². The van der Waals surface area contributed by atoms with E-state index in [9.17, 15) is 0 Å². The van der Waals surface area contributed by atoms with Crippen LogP contribution in [0.3, 0.4) is 0 Å². The van der Waals surface area contributed by atoms with Crippen LogP contribution in [0.2, 0.25) is 0 Å². The van der Waals surface area contributed by atoms with Crippen molar-refractivity contribution in [3.63, 3.8) is 0 Å². The van der Waals surface area contributed by atoms with E-state index in [1.54, 1.807) is 0 Å². The summed E-state index contributed by atoms with van der Waals surface area (Å²) >= 11 is 0. The van der Waals surface area contributed by atoms with Crippen LogP contribution in [0.15, 0.2) is 261 Å². The highest BCUT2D eigenvalue weighted by Crippen LogP contribution is 2.43. The van der Waals surface area contributed by atoms with Crippen LogP contribution in [0.5, 0.6) is 0 Å². The van der Waals surface area contributed by atoms with E-state index in [1.807, 2.05) is 20.8 Å². The smallest absolute Gasteiger partial charge is 0.129 e. The fourth-order valence-electron chi connectivity index (χ4n) is 16.2. The van der Waals surface area contributed by atoms with Crippen molar-refractivity contribution in [2.75, 3.05) is 0 Å². The van der Waals surface area contributed by atoms with Gasteiger partial charge in [-0.05, 0) is 313 Å². The van der Waals surface area contributed by atoms with Gasteiger partial charge < -0.3 is 0 Å². The van der Waals surface area contributed by atoms with Gasteiger partial charge in [-0.15, -0.1) is 0 Å². The zero-order valence-electron chi connectivity index (χ0n) is 60.9. The van der Waals surface area contributed by atoms with E-state index in [0.717, 1.165) is 23.9 Å². The monoisotopic (exact) mass is 1310 g/mol. The minimum Gasteiger partial charge on any atom is -0.219 e. The molecule has 1 aliphatic carbocycles. The fourth-order valence-corrected chi connectivity index (χ4v) is 16.2. The lowest BCUT2D eigenvalue weighted by Gasteiger charge is -2.14. The maximum atomic E-state index is 4.01. The summed E-state index contributed by atoms with van der Waals surface area (Å²) in [6, 6.07) is 95.0. The zero-order valence-corrected chi connectivity index (χ0v) is 60.9. The van der Waals surface area contributed by atoms with Crippen molar-refractivity contribution in [1.82, 2.24) is 15.0 Å². The van der Waals surface area contributed by atoms with Crippen molar-refractivity contribution in [3.8, 4) is 11.1 Å². The van der Waals surface area contributed by atoms with Crippen LogP contribution in [-0.2, 0) is 6.42 Å². The number of benzene rings is 17. The molecule has 1 aliphatic rings. The van der Waals surface area contributed by atoms with Crippen molar-refractivity contribution in [3.05, 3.63) is 351 Å². The van der Waals surface area contributed by atoms with Crippen LogP contribution < -0.4 is 0 Å². The van der Waals surface area contributed by atoms with Gasteiger partial charge >= 0.3 is 0 Å². The SMILES string of the molecule is Cc1c2ccccc2c(C)c2c1ccc1ccccc12.Cc1c2ccccc2c(C)c2cc3c(cc12)Cc1ccccc1-3.Cc1c2ccccc2c(C)c2cc3ccccc3cc12.Cc1cc(C)cc(C)c1.Cc1cc2c3ccccc3c(C)cc2c2ccccc12.Cc1nc(C)nc(C)n1. The minimum atomic E-state index is 0.792. The molecule has 3 nitrogen and oxygen atoms in total. The maximum Gasteiger partial charge on any atom is 0.129 e. The molecule has 0 bridgehead atoms. The topological polar surface area (TPSA) is 38.7 Å². The Morgan fingerprint density at radius 1 is 0.198 bits per heavy atom. The largest absolute Gasteiger partial charge is 0.219 e. The normalized spacial score (nSPS) is 11.4. The minimum absolute atomic E-state index is 0.792. The van der Waals surface area contributed by atoms with Crippen molar-refractivity contribution in [1.29, 1.82) is 0 Å². The first kappa shape index (κ1) is 66.8. The second-order valence-electron chi connectivity index (χ2n) is 27.9. The zero-order chi connectivity index (χ0) is 70.3. The average molecular weight is 1310 g/mol. The van der Waals surface area contributed by atoms with Crippen LogP contribution in [0.4, 0.5) is 0 Å². The van der Waals surface area contributed by atoms with Gasteiger partial charge in [0.15, 0.2) is 0 Å². The van der Waals surface area contributed by atoms with Gasteiger partial charge in [-0.25, -0.2) is 15.0 Å². The molecule has 0 saturated carbocycles. The van der Waals surface area contributed by atoms with E-state index in [0.29, 0.717) is 0 Å². The molecule has 0 aliphatic heterocycles. The number of hydrogen-bond acceptors (Lipinski definition) is 3. The molecule has 18 aromatic rings. The Balaban J connectivity index is 0.000000106. The molecule has 1 heterocycles. The van der Waals surface area contributed by atoms with Crippen LogP contribution >= 0.6 is 0 Å². The summed E-state index contributed by atoms with van der Waals surface area (Å²) in [5.74, 6) is 2.38. The Kier molecular flexibility index (Phi) is 18.6. The number of rotatable bonds is 0. The molecule has 17 aromatic carbocycles. The van der Waals surface area contributed by atoms with Gasteiger partial charge in [0.2, 0.25) is 0 Å². The number of nitrogens with zero attached hydrogens (tertiary/aromatic N) is 3. The molecule has 3 heteroatoms. The summed E-state index contributed by atoms with van der Waals surface area (Å²) in [6.07, 6.45) is 1.06. The molecule has 101 heavy (non-hydrogen) atoms. The van der Waals surface area contributed by atoms with Gasteiger partial charge in [0.1, 0.15) is 17.5 Å². The third kappa shape index (κ3) is 13.1. The number of hydrogen-bond donors (Lipinski definition) is 0. The molecule has 494 valence electrons. The first-order valence-corrected chi connectivity index (χ1v) is 35.5. The van der Waals surface area contributed by atoms with Crippen molar-refractivity contribution in [2.45, 2.75) is 103 Å². The molecule has 0 amide bonds. The molecular formula is C98H87N3. The Labute approximate surface area is 594 Å². The van der Waals surface area contributed by atoms with Crippen molar-refractivity contribution >= 4 is 118 Å². The second-order valence-corrected chi connectivity index (χ2v) is 27.9. The Hall–Kier alpha value is -11.4. The number of fused-ring (bicyclic) bond motifs is 17. The summed E-state index contributed by atoms with van der Waals surface area (Å²) in [5, 5.41) is 30.0. The van der Waals surface area contributed by atoms with Gasteiger partial charge in [-0.2, -0.15) is 0 Å². The molecule has 0 unspecified atom stereocenters. The Bertz CT molecular complexity index is 5930. The van der Waals surface area contributed by atoms with E-state index < -0.39 is 0 Å². The molecule has 1 aromatic heterocycles. The summed E-state index contributed by atoms with van der Waals surface area (Å²) in [5.41, 5.74) is 20.9.